The summed E-state index contributed by atoms with van der Waals surface area (Å²) >= 11 is 3.69. The van der Waals surface area contributed by atoms with Crippen LogP contribution in [0, 0.1) is 29.1 Å². The van der Waals surface area contributed by atoms with Crippen molar-refractivity contribution in [2.24, 2.45) is 29.1 Å². The fourth-order valence-electron chi connectivity index (χ4n) is 6.33. The molecule has 0 N–H and O–H groups in total. The van der Waals surface area contributed by atoms with Crippen LogP contribution in [0.2, 0.25) is 0 Å². The molecule has 0 aliphatic heterocycles. The second-order valence-electron chi connectivity index (χ2n) is 8.48. The molecule has 132 valence electrons. The Balaban J connectivity index is 1.61. The summed E-state index contributed by atoms with van der Waals surface area (Å²) in [6.07, 6.45) is 16.8. The van der Waals surface area contributed by atoms with E-state index in [1.807, 2.05) is 5.57 Å². The molecule has 0 radical (unpaired) electrons. The Morgan fingerprint density at radius 1 is 1.17 bits per heavy atom. The van der Waals surface area contributed by atoms with Gasteiger partial charge in [-0.05, 0) is 86.2 Å². The zero-order chi connectivity index (χ0) is 16.7. The van der Waals surface area contributed by atoms with E-state index in [9.17, 15) is 0 Å². The van der Waals surface area contributed by atoms with E-state index < -0.39 is 0 Å². The summed E-state index contributed by atoms with van der Waals surface area (Å²) in [5.41, 5.74) is 3.91. The van der Waals surface area contributed by atoms with Crippen molar-refractivity contribution in [3.05, 3.63) is 35.1 Å². The highest BCUT2D eigenvalue weighted by Crippen LogP contribution is 2.62. The maximum Gasteiger partial charge on any atom is 0.0962 e. The molecule has 0 saturated heterocycles. The van der Waals surface area contributed by atoms with E-state index in [1.165, 1.54) is 55.2 Å². The molecule has 2 heteroatoms. The Hall–Kier alpha value is -0.500. The molecule has 0 aromatic heterocycles. The number of fused-ring (bicyclic) bond motifs is 5. The number of hydrogen-bond donors (Lipinski definition) is 0. The van der Waals surface area contributed by atoms with Crippen molar-refractivity contribution in [3.8, 4) is 0 Å². The van der Waals surface area contributed by atoms with Crippen molar-refractivity contribution >= 4 is 15.9 Å². The van der Waals surface area contributed by atoms with E-state index in [-0.39, 0.29) is 0 Å². The van der Waals surface area contributed by atoms with Gasteiger partial charge >= 0.3 is 0 Å². The van der Waals surface area contributed by atoms with Gasteiger partial charge < -0.3 is 4.74 Å². The number of hydrogen-bond acceptors (Lipinski definition) is 1. The van der Waals surface area contributed by atoms with Gasteiger partial charge in [0, 0.05) is 11.8 Å². The third-order valence-electron chi connectivity index (χ3n) is 7.56. The van der Waals surface area contributed by atoms with Gasteiger partial charge in [-0.3, -0.25) is 0 Å². The number of halogens is 1. The molecule has 5 unspecified atom stereocenters. The highest BCUT2D eigenvalue weighted by molar-refractivity contribution is 9.09. The molecule has 0 spiro atoms. The minimum absolute atomic E-state index is 0.558. The average Bonchev–Trinajstić information content (AvgIpc) is 2.92. The molecule has 2 saturated carbocycles. The van der Waals surface area contributed by atoms with Gasteiger partial charge in [0.05, 0.1) is 12.4 Å². The Labute approximate surface area is 155 Å². The maximum absolute atomic E-state index is 5.79. The van der Waals surface area contributed by atoms with Crippen LogP contribution in [0.1, 0.15) is 58.8 Å². The second-order valence-corrected chi connectivity index (χ2v) is 9.27. The van der Waals surface area contributed by atoms with Crippen LogP contribution in [0.25, 0.3) is 0 Å². The molecular formula is C22H31BrO. The third-order valence-corrected chi connectivity index (χ3v) is 8.01. The quantitative estimate of drug-likeness (QED) is 0.503. The number of allylic oxidation sites excluding steroid dienone is 6. The van der Waals surface area contributed by atoms with Gasteiger partial charge in [-0.15, -0.1) is 0 Å². The molecule has 4 aliphatic carbocycles. The summed E-state index contributed by atoms with van der Waals surface area (Å²) in [6, 6.07) is 0. The van der Waals surface area contributed by atoms with E-state index in [4.69, 9.17) is 4.74 Å². The van der Waals surface area contributed by atoms with E-state index in [0.29, 0.717) is 5.41 Å². The predicted molar refractivity (Wildman–Crippen MR) is 104 cm³/mol. The molecule has 0 aromatic rings. The molecule has 5 atom stereocenters. The van der Waals surface area contributed by atoms with Crippen molar-refractivity contribution < 1.29 is 4.74 Å². The summed E-state index contributed by atoms with van der Waals surface area (Å²) in [5, 5.41) is 1.17. The lowest BCUT2D eigenvalue weighted by Crippen LogP contribution is -2.40. The molecule has 1 nitrogen and oxygen atoms in total. The van der Waals surface area contributed by atoms with Gasteiger partial charge in [0.1, 0.15) is 0 Å². The van der Waals surface area contributed by atoms with E-state index in [1.54, 1.807) is 0 Å². The normalized spacial score (nSPS) is 40.7. The van der Waals surface area contributed by atoms with E-state index in [2.05, 4.69) is 48.0 Å². The van der Waals surface area contributed by atoms with Crippen molar-refractivity contribution in [3.63, 3.8) is 0 Å². The summed E-state index contributed by atoms with van der Waals surface area (Å²) in [7, 11) is 0. The molecule has 0 aromatic carbocycles. The first-order valence-corrected chi connectivity index (χ1v) is 11.1. The Kier molecular flexibility index (Phi) is 4.71. The van der Waals surface area contributed by atoms with Crippen molar-refractivity contribution in [2.75, 3.05) is 11.9 Å². The van der Waals surface area contributed by atoms with Crippen LogP contribution in [-0.2, 0) is 4.74 Å². The van der Waals surface area contributed by atoms with Gasteiger partial charge in [0.15, 0.2) is 0 Å². The fourth-order valence-corrected chi connectivity index (χ4v) is 6.89. The Bertz CT molecular complexity index is 587. The topological polar surface area (TPSA) is 9.23 Å². The van der Waals surface area contributed by atoms with Crippen LogP contribution in [0.4, 0.5) is 0 Å². The molecule has 4 rings (SSSR count). The van der Waals surface area contributed by atoms with Gasteiger partial charge in [-0.1, -0.05) is 40.6 Å². The number of ether oxygens (including phenoxy) is 1. The molecule has 0 amide bonds. The average molecular weight is 391 g/mol. The molecular weight excluding hydrogens is 360 g/mol. The van der Waals surface area contributed by atoms with Crippen LogP contribution in [0.5, 0.6) is 0 Å². The summed E-state index contributed by atoms with van der Waals surface area (Å²) < 4.78 is 5.79. The standard InChI is InChI=1S/C22H31BrO/c1-3-24-17-6-8-18-15(14-17)4-7-20-19(18)10-12-22(2)16(11-13-23)5-9-21(20)22/h4,7,14,16,18-19,21H,3,5-6,8-13H2,1-2H3. The first kappa shape index (κ1) is 16.9. The minimum Gasteiger partial charge on any atom is -0.498 e. The van der Waals surface area contributed by atoms with Gasteiger partial charge in [-0.2, -0.15) is 0 Å². The van der Waals surface area contributed by atoms with Crippen LogP contribution in [0.3, 0.4) is 0 Å². The lowest BCUT2D eigenvalue weighted by atomic mass is 9.55. The van der Waals surface area contributed by atoms with E-state index >= 15 is 0 Å². The molecule has 24 heavy (non-hydrogen) atoms. The second kappa shape index (κ2) is 6.67. The number of alkyl halides is 1. The smallest absolute Gasteiger partial charge is 0.0962 e. The largest absolute Gasteiger partial charge is 0.498 e. The summed E-state index contributed by atoms with van der Waals surface area (Å²) in [4.78, 5) is 0. The lowest BCUT2D eigenvalue weighted by molar-refractivity contribution is 0.0970. The highest BCUT2D eigenvalue weighted by Gasteiger charge is 2.52. The maximum atomic E-state index is 5.79. The lowest BCUT2D eigenvalue weighted by Gasteiger charge is -2.49. The highest BCUT2D eigenvalue weighted by atomic mass is 79.9. The first-order valence-electron chi connectivity index (χ1n) is 9.98. The summed E-state index contributed by atoms with van der Waals surface area (Å²) in [5.74, 6) is 4.54. The third kappa shape index (κ3) is 2.64. The zero-order valence-electron chi connectivity index (χ0n) is 15.2. The SMILES string of the molecule is CCOC1=CC2=CC=C3C(CCC4(C)C(CCBr)CCC34)C2CC1. The predicted octanol–water partition coefficient (Wildman–Crippen LogP) is 6.41. The molecule has 0 heterocycles. The van der Waals surface area contributed by atoms with Crippen molar-refractivity contribution in [1.82, 2.24) is 0 Å². The fraction of sp³-hybridized carbons (Fsp3) is 0.727. The Morgan fingerprint density at radius 2 is 2.04 bits per heavy atom. The summed E-state index contributed by atoms with van der Waals surface area (Å²) in [6.45, 7) is 5.48. The minimum atomic E-state index is 0.558. The molecule has 2 fully saturated rings. The van der Waals surface area contributed by atoms with Crippen LogP contribution < -0.4 is 0 Å². The molecule has 0 bridgehead atoms. The molecule has 4 aliphatic rings. The van der Waals surface area contributed by atoms with Gasteiger partial charge in [0.2, 0.25) is 0 Å². The van der Waals surface area contributed by atoms with Crippen LogP contribution in [-0.4, -0.2) is 11.9 Å². The van der Waals surface area contributed by atoms with E-state index in [0.717, 1.165) is 36.7 Å². The Morgan fingerprint density at radius 3 is 2.83 bits per heavy atom. The number of rotatable bonds is 4. The van der Waals surface area contributed by atoms with Crippen molar-refractivity contribution in [1.29, 1.82) is 0 Å². The monoisotopic (exact) mass is 390 g/mol. The zero-order valence-corrected chi connectivity index (χ0v) is 16.8. The van der Waals surface area contributed by atoms with Crippen LogP contribution in [0.15, 0.2) is 35.1 Å². The van der Waals surface area contributed by atoms with Gasteiger partial charge in [-0.25, -0.2) is 0 Å². The van der Waals surface area contributed by atoms with Crippen LogP contribution >= 0.6 is 15.9 Å². The first-order chi connectivity index (χ1) is 11.7. The van der Waals surface area contributed by atoms with Gasteiger partial charge in [0.25, 0.3) is 0 Å². The van der Waals surface area contributed by atoms with Crippen molar-refractivity contribution in [2.45, 2.75) is 58.8 Å².